The molecule has 176 valence electrons. The van der Waals surface area contributed by atoms with Crippen molar-refractivity contribution in [1.29, 1.82) is 0 Å². The third kappa shape index (κ3) is 5.21. The van der Waals surface area contributed by atoms with E-state index in [1.165, 1.54) is 19.3 Å². The molecule has 1 aliphatic carbocycles. The van der Waals surface area contributed by atoms with Crippen molar-refractivity contribution in [2.45, 2.75) is 44.7 Å². The number of likely N-dealkylation sites (N-methyl/N-ethyl adjacent to an activating group) is 1. The van der Waals surface area contributed by atoms with Gasteiger partial charge in [0.2, 0.25) is 5.88 Å². The van der Waals surface area contributed by atoms with Crippen LogP contribution in [0.5, 0.6) is 5.88 Å². The quantitative estimate of drug-likeness (QED) is 0.492. The molecule has 2 fully saturated rings. The minimum absolute atomic E-state index is 0.00413. The Morgan fingerprint density at radius 3 is 2.79 bits per heavy atom. The summed E-state index contributed by atoms with van der Waals surface area (Å²) >= 11 is 3.29. The molecule has 0 spiro atoms. The Bertz CT molecular complexity index is 1070. The van der Waals surface area contributed by atoms with Gasteiger partial charge >= 0.3 is 0 Å². The third-order valence-corrected chi connectivity index (χ3v) is 8.33. The van der Waals surface area contributed by atoms with E-state index in [0.717, 1.165) is 65.6 Å². The SMILES string of the molecule is CN(C(=O)COc1nc(CN2CCOCC2)nc2scc(-c3cccs3)c12)C1CCCCC1. The minimum atomic E-state index is -0.00413. The van der Waals surface area contributed by atoms with Gasteiger partial charge < -0.3 is 14.4 Å². The Hall–Kier alpha value is -2.07. The summed E-state index contributed by atoms with van der Waals surface area (Å²) in [5.74, 6) is 1.25. The molecule has 4 heterocycles. The molecule has 1 aliphatic heterocycles. The summed E-state index contributed by atoms with van der Waals surface area (Å²) in [6.07, 6.45) is 5.82. The summed E-state index contributed by atoms with van der Waals surface area (Å²) in [6.45, 7) is 3.85. The van der Waals surface area contributed by atoms with E-state index < -0.39 is 0 Å². The fraction of sp³-hybridized carbons (Fsp3) is 0.542. The molecule has 2 aliphatic rings. The van der Waals surface area contributed by atoms with E-state index in [1.54, 1.807) is 22.7 Å². The van der Waals surface area contributed by atoms with Crippen LogP contribution in [-0.4, -0.2) is 71.7 Å². The maximum Gasteiger partial charge on any atom is 0.260 e. The average molecular weight is 487 g/mol. The Morgan fingerprint density at radius 1 is 1.21 bits per heavy atom. The number of rotatable bonds is 7. The van der Waals surface area contributed by atoms with Gasteiger partial charge in [-0.15, -0.1) is 22.7 Å². The van der Waals surface area contributed by atoms with Gasteiger partial charge in [0.1, 0.15) is 10.7 Å². The second-order valence-corrected chi connectivity index (χ2v) is 10.5. The smallest absolute Gasteiger partial charge is 0.260 e. The molecule has 0 radical (unpaired) electrons. The summed E-state index contributed by atoms with van der Waals surface area (Å²) < 4.78 is 11.6. The van der Waals surface area contributed by atoms with Crippen LogP contribution in [0.2, 0.25) is 0 Å². The molecule has 33 heavy (non-hydrogen) atoms. The zero-order valence-corrected chi connectivity index (χ0v) is 20.6. The molecule has 0 atom stereocenters. The minimum Gasteiger partial charge on any atom is -0.467 e. The van der Waals surface area contributed by atoms with Crippen molar-refractivity contribution in [3.63, 3.8) is 0 Å². The molecule has 0 unspecified atom stereocenters. The zero-order chi connectivity index (χ0) is 22.6. The number of amides is 1. The van der Waals surface area contributed by atoms with E-state index in [2.05, 4.69) is 21.7 Å². The first-order valence-electron chi connectivity index (χ1n) is 11.7. The van der Waals surface area contributed by atoms with Crippen LogP contribution in [-0.2, 0) is 16.1 Å². The van der Waals surface area contributed by atoms with Gasteiger partial charge in [0.05, 0.1) is 25.1 Å². The maximum absolute atomic E-state index is 12.9. The van der Waals surface area contributed by atoms with Crippen molar-refractivity contribution in [3.05, 3.63) is 28.7 Å². The summed E-state index contributed by atoms with van der Waals surface area (Å²) in [5, 5.41) is 5.09. The number of thiophene rings is 2. The molecule has 5 rings (SSSR count). The van der Waals surface area contributed by atoms with Crippen LogP contribution in [0, 0.1) is 0 Å². The third-order valence-electron chi connectivity index (χ3n) is 6.55. The summed E-state index contributed by atoms with van der Waals surface area (Å²) in [5.41, 5.74) is 1.08. The van der Waals surface area contributed by atoms with Gasteiger partial charge in [-0.2, -0.15) is 4.98 Å². The maximum atomic E-state index is 12.9. The molecule has 1 amide bonds. The first-order valence-corrected chi connectivity index (χ1v) is 13.5. The van der Waals surface area contributed by atoms with Crippen molar-refractivity contribution in [3.8, 4) is 16.3 Å². The number of ether oxygens (including phenoxy) is 2. The summed E-state index contributed by atoms with van der Waals surface area (Å²) in [7, 11) is 1.91. The largest absolute Gasteiger partial charge is 0.467 e. The number of morpholine rings is 1. The molecule has 3 aromatic heterocycles. The van der Waals surface area contributed by atoms with E-state index in [1.807, 2.05) is 18.0 Å². The van der Waals surface area contributed by atoms with Crippen LogP contribution >= 0.6 is 22.7 Å². The predicted molar refractivity (Wildman–Crippen MR) is 132 cm³/mol. The van der Waals surface area contributed by atoms with E-state index in [4.69, 9.17) is 19.4 Å². The van der Waals surface area contributed by atoms with Crippen molar-refractivity contribution >= 4 is 38.8 Å². The molecular formula is C24H30N4O3S2. The van der Waals surface area contributed by atoms with E-state index in [0.29, 0.717) is 18.5 Å². The van der Waals surface area contributed by atoms with Crippen LogP contribution in [0.1, 0.15) is 37.9 Å². The number of carbonyl (C=O) groups excluding carboxylic acids is 1. The normalized spacial score (nSPS) is 18.0. The lowest BCUT2D eigenvalue weighted by molar-refractivity contribution is -0.134. The fourth-order valence-corrected chi connectivity index (χ4v) is 6.37. The standard InChI is InChI=1S/C24H30N4O3S2/c1-27(17-6-3-2-4-7-17)21(29)15-31-23-22-18(19-8-5-13-32-19)16-33-24(22)26-20(25-23)14-28-9-11-30-12-10-28/h5,8,13,16-17H,2-4,6-7,9-12,14-15H2,1H3. The number of aromatic nitrogens is 2. The highest BCUT2D eigenvalue weighted by Crippen LogP contribution is 2.40. The lowest BCUT2D eigenvalue weighted by Crippen LogP contribution is -2.40. The first kappa shape index (κ1) is 22.7. The van der Waals surface area contributed by atoms with Crippen LogP contribution in [0.25, 0.3) is 20.7 Å². The van der Waals surface area contributed by atoms with E-state index >= 15 is 0 Å². The lowest BCUT2D eigenvalue weighted by atomic mass is 9.94. The average Bonchev–Trinajstić information content (AvgIpc) is 3.53. The van der Waals surface area contributed by atoms with Crippen molar-refractivity contribution in [2.75, 3.05) is 40.0 Å². The molecule has 0 aromatic carbocycles. The predicted octanol–water partition coefficient (Wildman–Crippen LogP) is 4.42. The molecule has 1 saturated carbocycles. The molecule has 0 N–H and O–H groups in total. The number of hydrogen-bond donors (Lipinski definition) is 0. The Kier molecular flexibility index (Phi) is 7.20. The number of fused-ring (bicyclic) bond motifs is 1. The molecule has 0 bridgehead atoms. The topological polar surface area (TPSA) is 67.8 Å². The summed E-state index contributed by atoms with van der Waals surface area (Å²) in [6, 6.07) is 4.46. The fourth-order valence-electron chi connectivity index (χ4n) is 4.60. The van der Waals surface area contributed by atoms with Crippen LogP contribution < -0.4 is 4.74 Å². The second-order valence-electron chi connectivity index (χ2n) is 8.73. The number of carbonyl (C=O) groups is 1. The Morgan fingerprint density at radius 2 is 2.03 bits per heavy atom. The van der Waals surface area contributed by atoms with Crippen molar-refractivity contribution in [1.82, 2.24) is 19.8 Å². The van der Waals surface area contributed by atoms with Crippen LogP contribution in [0.15, 0.2) is 22.9 Å². The Labute approximate surface area is 202 Å². The molecule has 3 aromatic rings. The van der Waals surface area contributed by atoms with Gasteiger partial charge in [0, 0.05) is 42.0 Å². The van der Waals surface area contributed by atoms with Gasteiger partial charge in [-0.1, -0.05) is 25.3 Å². The van der Waals surface area contributed by atoms with Crippen LogP contribution in [0.3, 0.4) is 0 Å². The first-order chi connectivity index (χ1) is 16.2. The van der Waals surface area contributed by atoms with Gasteiger partial charge in [0.15, 0.2) is 6.61 Å². The highest BCUT2D eigenvalue weighted by atomic mass is 32.1. The molecule has 9 heteroatoms. The zero-order valence-electron chi connectivity index (χ0n) is 19.0. The second kappa shape index (κ2) is 10.5. The van der Waals surface area contributed by atoms with Crippen LogP contribution in [0.4, 0.5) is 0 Å². The van der Waals surface area contributed by atoms with Crippen molar-refractivity contribution in [2.24, 2.45) is 0 Å². The molecule has 1 saturated heterocycles. The monoisotopic (exact) mass is 486 g/mol. The van der Waals surface area contributed by atoms with Gasteiger partial charge in [0.25, 0.3) is 5.91 Å². The summed E-state index contributed by atoms with van der Waals surface area (Å²) in [4.78, 5) is 28.8. The highest BCUT2D eigenvalue weighted by Gasteiger charge is 2.24. The van der Waals surface area contributed by atoms with Gasteiger partial charge in [-0.25, -0.2) is 4.98 Å². The van der Waals surface area contributed by atoms with Gasteiger partial charge in [-0.3, -0.25) is 9.69 Å². The van der Waals surface area contributed by atoms with Gasteiger partial charge in [-0.05, 0) is 24.3 Å². The lowest BCUT2D eigenvalue weighted by Gasteiger charge is -2.31. The number of hydrogen-bond acceptors (Lipinski definition) is 8. The molecular weight excluding hydrogens is 456 g/mol. The van der Waals surface area contributed by atoms with E-state index in [9.17, 15) is 4.79 Å². The number of nitrogens with zero attached hydrogens (tertiary/aromatic N) is 4. The highest BCUT2D eigenvalue weighted by molar-refractivity contribution is 7.18. The van der Waals surface area contributed by atoms with E-state index in [-0.39, 0.29) is 12.5 Å². The van der Waals surface area contributed by atoms with Crippen molar-refractivity contribution < 1.29 is 14.3 Å². The molecule has 7 nitrogen and oxygen atoms in total. The Balaban J connectivity index is 1.40.